The Hall–Kier alpha value is -5.86. The molecule has 0 fully saturated rings. The molecule has 0 atom stereocenters. The fraction of sp³-hybridized carbons (Fsp3) is 0.114. The summed E-state index contributed by atoms with van der Waals surface area (Å²) in [4.78, 5) is 26.9. The number of fused-ring (bicyclic) bond motifs is 1. The van der Waals surface area contributed by atoms with E-state index in [0.29, 0.717) is 22.3 Å². The van der Waals surface area contributed by atoms with E-state index >= 15 is 4.39 Å². The Morgan fingerprint density at radius 3 is 2.31 bits per heavy atom. The molecule has 14 heteroatoms. The predicted octanol–water partition coefficient (Wildman–Crippen LogP) is 6.12. The maximum Gasteiger partial charge on any atom is 0.271 e. The number of halogens is 2. The molecule has 0 unspecified atom stereocenters. The van der Waals surface area contributed by atoms with E-state index in [1.165, 1.54) is 85.7 Å². The van der Waals surface area contributed by atoms with E-state index in [9.17, 15) is 22.4 Å². The molecule has 1 amide bonds. The zero-order valence-corrected chi connectivity index (χ0v) is 27.2. The molecule has 6 aromatic rings. The largest absolute Gasteiger partial charge is 0.493 e. The molecule has 0 radical (unpaired) electrons. The van der Waals surface area contributed by atoms with E-state index in [-0.39, 0.29) is 40.0 Å². The lowest BCUT2D eigenvalue weighted by Crippen LogP contribution is -2.29. The third-order valence-electron chi connectivity index (χ3n) is 7.56. The third-order valence-corrected chi connectivity index (χ3v) is 9.39. The summed E-state index contributed by atoms with van der Waals surface area (Å²) >= 11 is 0. The summed E-state index contributed by atoms with van der Waals surface area (Å²) in [5.41, 5.74) is 1.21. The highest BCUT2D eigenvalue weighted by atomic mass is 32.2. The van der Waals surface area contributed by atoms with Crippen LogP contribution in [-0.2, 0) is 10.0 Å². The topological polar surface area (TPSA) is 124 Å². The number of carbonyl (C=O) groups excluding carboxylic acids is 1. The molecule has 3 aromatic carbocycles. The van der Waals surface area contributed by atoms with E-state index in [4.69, 9.17) is 9.47 Å². The van der Waals surface area contributed by atoms with Gasteiger partial charge >= 0.3 is 0 Å². The smallest absolute Gasteiger partial charge is 0.271 e. The quantitative estimate of drug-likeness (QED) is 0.184. The fourth-order valence-corrected chi connectivity index (χ4v) is 6.03. The number of hydrogen-bond acceptors (Lipinski definition) is 7. The number of nitrogens with one attached hydrogen (secondary N) is 1. The Kier molecular flexibility index (Phi) is 8.99. The minimum atomic E-state index is -3.62. The van der Waals surface area contributed by atoms with E-state index < -0.39 is 33.1 Å². The van der Waals surface area contributed by atoms with Crippen LogP contribution in [0.25, 0.3) is 22.3 Å². The van der Waals surface area contributed by atoms with Gasteiger partial charge in [0.05, 0.1) is 17.7 Å². The molecule has 6 rings (SSSR count). The van der Waals surface area contributed by atoms with Gasteiger partial charge in [-0.25, -0.2) is 26.0 Å². The highest BCUT2D eigenvalue weighted by Gasteiger charge is 2.22. The minimum absolute atomic E-state index is 0.0301. The van der Waals surface area contributed by atoms with Crippen molar-refractivity contribution in [2.45, 2.75) is 11.8 Å². The third kappa shape index (κ3) is 6.51. The number of nitrogens with zero attached hydrogens (tertiary/aromatic N) is 4. The van der Waals surface area contributed by atoms with Crippen molar-refractivity contribution < 1.29 is 31.5 Å². The van der Waals surface area contributed by atoms with Gasteiger partial charge in [0, 0.05) is 55.6 Å². The molecule has 0 aliphatic heterocycles. The molecule has 3 heterocycles. The van der Waals surface area contributed by atoms with Gasteiger partial charge in [0.25, 0.3) is 11.5 Å². The number of rotatable bonds is 10. The van der Waals surface area contributed by atoms with Crippen LogP contribution >= 0.6 is 0 Å². The first kappa shape index (κ1) is 33.1. The number of anilines is 1. The van der Waals surface area contributed by atoms with Gasteiger partial charge in [-0.3, -0.25) is 14.2 Å². The molecule has 1 N–H and O–H groups in total. The first-order valence-electron chi connectivity index (χ1n) is 14.9. The van der Waals surface area contributed by atoms with Gasteiger partial charge in [-0.1, -0.05) is 12.1 Å². The van der Waals surface area contributed by atoms with Crippen LogP contribution in [0.3, 0.4) is 0 Å². The van der Waals surface area contributed by atoms with Crippen molar-refractivity contribution in [2.75, 3.05) is 26.0 Å². The first-order valence-corrected chi connectivity index (χ1v) is 16.3. The van der Waals surface area contributed by atoms with Crippen LogP contribution < -0.4 is 20.3 Å². The van der Waals surface area contributed by atoms with E-state index in [1.54, 1.807) is 41.9 Å². The lowest BCUT2D eigenvalue weighted by Gasteiger charge is -2.14. The predicted molar refractivity (Wildman–Crippen MR) is 179 cm³/mol. The number of ether oxygens (including phenoxy) is 2. The number of benzene rings is 3. The fourth-order valence-electron chi connectivity index (χ4n) is 5.13. The second kappa shape index (κ2) is 13.3. The molecule has 0 aliphatic rings. The molecule has 49 heavy (non-hydrogen) atoms. The molecule has 0 saturated heterocycles. The summed E-state index contributed by atoms with van der Waals surface area (Å²) in [5.74, 6) is -1.98. The molecular formula is C35H29F2N5O6S. The Bertz CT molecular complexity index is 2360. The zero-order chi connectivity index (χ0) is 34.9. The summed E-state index contributed by atoms with van der Waals surface area (Å²) in [6.07, 6.45) is 4.60. The second-order valence-corrected chi connectivity index (χ2v) is 13.0. The number of aromatic nitrogens is 3. The van der Waals surface area contributed by atoms with Crippen molar-refractivity contribution in [1.82, 2.24) is 18.5 Å². The number of sulfonamides is 1. The second-order valence-electron chi connectivity index (χ2n) is 10.9. The van der Waals surface area contributed by atoms with E-state index in [0.717, 1.165) is 10.4 Å². The average molecular weight is 686 g/mol. The molecular weight excluding hydrogens is 656 g/mol. The van der Waals surface area contributed by atoms with Gasteiger partial charge in [-0.05, 0) is 73.2 Å². The maximum atomic E-state index is 15.5. The highest BCUT2D eigenvalue weighted by Crippen LogP contribution is 2.36. The first-order chi connectivity index (χ1) is 23.5. The van der Waals surface area contributed by atoms with Crippen molar-refractivity contribution in [1.29, 1.82) is 0 Å². The molecule has 3 aromatic heterocycles. The summed E-state index contributed by atoms with van der Waals surface area (Å²) in [5, 5.41) is 6.85. The highest BCUT2D eigenvalue weighted by molar-refractivity contribution is 7.89. The number of pyridine rings is 1. The van der Waals surface area contributed by atoms with E-state index in [1.807, 2.05) is 0 Å². The van der Waals surface area contributed by atoms with Crippen LogP contribution in [0.1, 0.15) is 17.3 Å². The molecule has 11 nitrogen and oxygen atoms in total. The SMILES string of the molecule is CCOc1ccn(-c2ccc(F)cc2)c(=O)c1C(=O)Nc1ccc(Oc2ccnn3ccc(-c4ccc(S(=O)(=O)N(C)C)cc4)c23)c(F)c1. The normalized spacial score (nSPS) is 11.6. The number of hydrogen-bond donors (Lipinski definition) is 1. The van der Waals surface area contributed by atoms with Gasteiger partial charge in [0.1, 0.15) is 22.6 Å². The molecule has 0 saturated carbocycles. The van der Waals surface area contributed by atoms with Crippen LogP contribution in [0.2, 0.25) is 0 Å². The van der Waals surface area contributed by atoms with Crippen molar-refractivity contribution in [3.8, 4) is 34.1 Å². The average Bonchev–Trinajstić information content (AvgIpc) is 3.52. The molecule has 0 bridgehead atoms. The summed E-state index contributed by atoms with van der Waals surface area (Å²) in [6, 6.07) is 20.1. The van der Waals surface area contributed by atoms with Crippen molar-refractivity contribution >= 4 is 27.1 Å². The lowest BCUT2D eigenvalue weighted by atomic mass is 10.1. The minimum Gasteiger partial charge on any atom is -0.493 e. The van der Waals surface area contributed by atoms with Gasteiger partial charge in [-0.2, -0.15) is 5.10 Å². The van der Waals surface area contributed by atoms with Gasteiger partial charge < -0.3 is 14.8 Å². The van der Waals surface area contributed by atoms with Gasteiger partial charge in [0.15, 0.2) is 17.3 Å². The van der Waals surface area contributed by atoms with Crippen LogP contribution in [0.5, 0.6) is 17.2 Å². The van der Waals surface area contributed by atoms with Crippen molar-refractivity contribution in [3.63, 3.8) is 0 Å². The van der Waals surface area contributed by atoms with Crippen LogP contribution in [-0.4, -0.2) is 53.5 Å². The summed E-state index contributed by atoms with van der Waals surface area (Å²) in [7, 11) is -0.712. The standard InChI is InChI=1S/C35H29F2N5O6S/c1-4-47-30-17-19-41(25-10-7-23(36)8-11-25)35(44)32(30)34(43)39-24-9-14-29(28(37)21-24)48-31-15-18-38-42-20-16-27(33(31)42)22-5-12-26(13-6-22)49(45,46)40(2)3/h5-21H,4H2,1-3H3,(H,39,43). The number of amides is 1. The number of carbonyl (C=O) groups is 1. The zero-order valence-electron chi connectivity index (χ0n) is 26.4. The van der Waals surface area contributed by atoms with Crippen molar-refractivity contribution in [3.05, 3.63) is 131 Å². The van der Waals surface area contributed by atoms with Gasteiger partial charge in [-0.15, -0.1) is 0 Å². The Balaban J connectivity index is 1.27. The Morgan fingerprint density at radius 1 is 0.898 bits per heavy atom. The summed E-state index contributed by atoms with van der Waals surface area (Å²) in [6.45, 7) is 1.87. The van der Waals surface area contributed by atoms with Crippen LogP contribution in [0.4, 0.5) is 14.5 Å². The molecule has 250 valence electrons. The Labute approximate surface area is 279 Å². The molecule has 0 spiro atoms. The Morgan fingerprint density at radius 2 is 1.63 bits per heavy atom. The monoisotopic (exact) mass is 685 g/mol. The summed E-state index contributed by atoms with van der Waals surface area (Å²) < 4.78 is 69.4. The van der Waals surface area contributed by atoms with Gasteiger partial charge in [0.2, 0.25) is 10.0 Å². The van der Waals surface area contributed by atoms with Crippen LogP contribution in [0, 0.1) is 11.6 Å². The lowest BCUT2D eigenvalue weighted by molar-refractivity contribution is 0.102. The van der Waals surface area contributed by atoms with Crippen LogP contribution in [0.15, 0.2) is 113 Å². The van der Waals surface area contributed by atoms with Crippen molar-refractivity contribution in [2.24, 2.45) is 0 Å². The maximum absolute atomic E-state index is 15.5. The van der Waals surface area contributed by atoms with E-state index in [2.05, 4.69) is 10.4 Å². The molecule has 0 aliphatic carbocycles.